The molecule has 1 N–H and O–H groups in total. The van der Waals surface area contributed by atoms with E-state index in [1.165, 1.54) is 0 Å². The summed E-state index contributed by atoms with van der Waals surface area (Å²) in [4.78, 5) is 19.6. The van der Waals surface area contributed by atoms with E-state index in [0.717, 1.165) is 18.2 Å². The second kappa shape index (κ2) is 4.94. The van der Waals surface area contributed by atoms with Crippen LogP contribution >= 0.6 is 0 Å². The summed E-state index contributed by atoms with van der Waals surface area (Å²) >= 11 is 0. The third-order valence-corrected chi connectivity index (χ3v) is 1.41. The number of hydrogen-bond acceptors (Lipinski definition) is 5. The van der Waals surface area contributed by atoms with Crippen LogP contribution in [0.1, 0.15) is 10.4 Å². The Morgan fingerprint density at radius 1 is 1.43 bits per heavy atom. The summed E-state index contributed by atoms with van der Waals surface area (Å²) in [6.07, 6.45) is 0. The van der Waals surface area contributed by atoms with E-state index in [-0.39, 0.29) is 35.1 Å². The molecule has 0 saturated carbocycles. The van der Waals surface area contributed by atoms with Crippen molar-refractivity contribution in [2.45, 2.75) is 0 Å². The minimum absolute atomic E-state index is 0. The zero-order valence-electron chi connectivity index (χ0n) is 7.26. The van der Waals surface area contributed by atoms with Crippen LogP contribution in [0.2, 0.25) is 0 Å². The largest absolute Gasteiger partial charge is 1.00 e. The quantitative estimate of drug-likeness (QED) is 0.309. The Balaban J connectivity index is 0.00000169. The smallest absolute Gasteiger partial charge is 0.545 e. The predicted octanol–water partition coefficient (Wildman–Crippen LogP) is -3.33. The summed E-state index contributed by atoms with van der Waals surface area (Å²) < 4.78 is 0. The fraction of sp³-hybridized carbons (Fsp3) is 0. The van der Waals surface area contributed by atoms with Crippen molar-refractivity contribution in [2.75, 3.05) is 0 Å². The summed E-state index contributed by atoms with van der Waals surface area (Å²) in [5.41, 5.74) is -0.994. The number of carbonyl (C=O) groups is 1. The van der Waals surface area contributed by atoms with E-state index in [0.29, 0.717) is 0 Å². The molecule has 1 rings (SSSR count). The van der Waals surface area contributed by atoms with Gasteiger partial charge in [-0.05, 0) is 12.1 Å². The van der Waals surface area contributed by atoms with Crippen molar-refractivity contribution in [3.05, 3.63) is 33.9 Å². The molecule has 0 radical (unpaired) electrons. The third-order valence-electron chi connectivity index (χ3n) is 1.41. The van der Waals surface area contributed by atoms with Crippen molar-refractivity contribution in [2.24, 2.45) is 0 Å². The minimum Gasteiger partial charge on any atom is -0.545 e. The van der Waals surface area contributed by atoms with Gasteiger partial charge < -0.3 is 15.0 Å². The van der Waals surface area contributed by atoms with Crippen molar-refractivity contribution < 1.29 is 49.5 Å². The standard InChI is InChI=1S/C7H5NO5.Na/c9-6-2-1-4(7(10)11)3-5(6)8(12)13;/h1-3,9H,(H,10,11);/q;+1/p-1. The number of phenols is 1. The van der Waals surface area contributed by atoms with Gasteiger partial charge in [0.05, 0.1) is 10.9 Å². The van der Waals surface area contributed by atoms with Crippen LogP contribution in [0.25, 0.3) is 0 Å². The van der Waals surface area contributed by atoms with Crippen LogP contribution in [0.4, 0.5) is 5.69 Å². The fourth-order valence-electron chi connectivity index (χ4n) is 0.797. The number of carbonyl (C=O) groups excluding carboxylic acids is 1. The zero-order chi connectivity index (χ0) is 10.0. The van der Waals surface area contributed by atoms with Gasteiger partial charge in [0.15, 0.2) is 5.75 Å². The molecule has 0 aliphatic rings. The molecule has 0 amide bonds. The number of nitrogens with zero attached hydrogens (tertiary/aromatic N) is 1. The maximum Gasteiger partial charge on any atom is 1.00 e. The average molecular weight is 205 g/mol. The summed E-state index contributed by atoms with van der Waals surface area (Å²) in [5.74, 6) is -2.10. The Labute approximate surface area is 101 Å². The molecule has 0 aliphatic heterocycles. The second-order valence-electron chi connectivity index (χ2n) is 2.25. The van der Waals surface area contributed by atoms with E-state index in [1.54, 1.807) is 0 Å². The molecule has 68 valence electrons. The maximum absolute atomic E-state index is 10.3. The molecule has 0 heterocycles. The number of hydrogen-bond donors (Lipinski definition) is 1. The fourth-order valence-corrected chi connectivity index (χ4v) is 0.797. The molecule has 0 atom stereocenters. The normalized spacial score (nSPS) is 8.86. The Morgan fingerprint density at radius 3 is 2.43 bits per heavy atom. The number of aromatic carboxylic acids is 1. The van der Waals surface area contributed by atoms with Gasteiger partial charge in [0, 0.05) is 11.6 Å². The molecular formula is C7H4NNaO5. The SMILES string of the molecule is O=C([O-])c1ccc(O)c([N+](=O)[O-])c1.[Na+]. The minimum atomic E-state index is -1.52. The molecule has 0 aromatic heterocycles. The van der Waals surface area contributed by atoms with Crippen LogP contribution in [-0.2, 0) is 0 Å². The number of nitro groups is 1. The van der Waals surface area contributed by atoms with Gasteiger partial charge in [-0.1, -0.05) is 0 Å². The number of nitro benzene ring substituents is 1. The van der Waals surface area contributed by atoms with E-state index in [1.807, 2.05) is 0 Å². The van der Waals surface area contributed by atoms with E-state index in [4.69, 9.17) is 5.11 Å². The molecule has 0 unspecified atom stereocenters. The molecule has 0 spiro atoms. The summed E-state index contributed by atoms with van der Waals surface area (Å²) in [7, 11) is 0. The van der Waals surface area contributed by atoms with Crippen LogP contribution in [-0.4, -0.2) is 16.0 Å². The molecule has 1 aromatic carbocycles. The molecular weight excluding hydrogens is 201 g/mol. The predicted molar refractivity (Wildman–Crippen MR) is 39.1 cm³/mol. The van der Waals surface area contributed by atoms with Gasteiger partial charge in [-0.15, -0.1) is 0 Å². The number of carboxylic acid groups (broad SMARTS) is 1. The molecule has 14 heavy (non-hydrogen) atoms. The Bertz CT molecular complexity index is 378. The van der Waals surface area contributed by atoms with Crippen molar-refractivity contribution in [3.63, 3.8) is 0 Å². The van der Waals surface area contributed by atoms with Gasteiger partial charge in [0.1, 0.15) is 0 Å². The summed E-state index contributed by atoms with van der Waals surface area (Å²) in [6.45, 7) is 0. The molecule has 0 fully saturated rings. The van der Waals surface area contributed by atoms with Crippen molar-refractivity contribution >= 4 is 11.7 Å². The summed E-state index contributed by atoms with van der Waals surface area (Å²) in [6, 6.07) is 2.70. The molecule has 7 heteroatoms. The average Bonchev–Trinajstić information content (AvgIpc) is 2.04. The molecule has 0 bridgehead atoms. The first-order valence-corrected chi connectivity index (χ1v) is 3.21. The second-order valence-corrected chi connectivity index (χ2v) is 2.25. The van der Waals surface area contributed by atoms with E-state index >= 15 is 0 Å². The monoisotopic (exact) mass is 205 g/mol. The third kappa shape index (κ3) is 2.69. The Kier molecular flexibility index (Phi) is 4.55. The first kappa shape index (κ1) is 12.9. The number of phenolic OH excluding ortho intramolecular Hbond substituents is 1. The summed E-state index contributed by atoms with van der Waals surface area (Å²) in [5, 5.41) is 29.4. The van der Waals surface area contributed by atoms with Crippen LogP contribution in [0.3, 0.4) is 0 Å². The first-order chi connectivity index (χ1) is 6.02. The topological polar surface area (TPSA) is 104 Å². The molecule has 0 saturated heterocycles. The van der Waals surface area contributed by atoms with Crippen LogP contribution in [0.5, 0.6) is 5.75 Å². The maximum atomic E-state index is 10.3. The Morgan fingerprint density at radius 2 is 2.00 bits per heavy atom. The molecule has 1 aromatic rings. The van der Waals surface area contributed by atoms with Crippen molar-refractivity contribution in [1.29, 1.82) is 0 Å². The molecule has 6 nitrogen and oxygen atoms in total. The van der Waals surface area contributed by atoms with Gasteiger partial charge in [0.25, 0.3) is 0 Å². The van der Waals surface area contributed by atoms with Crippen molar-refractivity contribution in [3.8, 4) is 5.75 Å². The van der Waals surface area contributed by atoms with E-state index < -0.39 is 22.3 Å². The van der Waals surface area contributed by atoms with E-state index in [9.17, 15) is 20.0 Å². The first-order valence-electron chi connectivity index (χ1n) is 3.21. The van der Waals surface area contributed by atoms with E-state index in [2.05, 4.69) is 0 Å². The van der Waals surface area contributed by atoms with Gasteiger partial charge >= 0.3 is 35.2 Å². The van der Waals surface area contributed by atoms with Crippen LogP contribution in [0, 0.1) is 10.1 Å². The van der Waals surface area contributed by atoms with Gasteiger partial charge in [-0.3, -0.25) is 10.1 Å². The number of benzene rings is 1. The number of carboxylic acids is 1. The van der Waals surface area contributed by atoms with Crippen LogP contribution < -0.4 is 34.7 Å². The van der Waals surface area contributed by atoms with Gasteiger partial charge in [-0.25, -0.2) is 0 Å². The number of rotatable bonds is 2. The van der Waals surface area contributed by atoms with Gasteiger partial charge in [0.2, 0.25) is 0 Å². The molecule has 0 aliphatic carbocycles. The van der Waals surface area contributed by atoms with Crippen LogP contribution in [0.15, 0.2) is 18.2 Å². The van der Waals surface area contributed by atoms with Crippen molar-refractivity contribution in [1.82, 2.24) is 0 Å². The van der Waals surface area contributed by atoms with Gasteiger partial charge in [-0.2, -0.15) is 0 Å². The Hall–Kier alpha value is -1.11. The number of aromatic hydroxyl groups is 1. The zero-order valence-corrected chi connectivity index (χ0v) is 9.26.